The first-order valence-corrected chi connectivity index (χ1v) is 6.35. The number of hydrogen-bond acceptors (Lipinski definition) is 3. The van der Waals surface area contributed by atoms with Crippen LogP contribution in [0.15, 0.2) is 0 Å². The summed E-state index contributed by atoms with van der Waals surface area (Å²) in [7, 11) is 0. The van der Waals surface area contributed by atoms with E-state index in [4.69, 9.17) is 11.0 Å². The summed E-state index contributed by atoms with van der Waals surface area (Å²) in [4.78, 5) is 10.9. The van der Waals surface area contributed by atoms with E-state index in [-0.39, 0.29) is 5.91 Å². The lowest BCUT2D eigenvalue weighted by atomic mass is 9.83. The maximum Gasteiger partial charge on any atom is 0.219 e. The molecule has 18 heavy (non-hydrogen) atoms. The number of hydrogen-bond donors (Lipinski definition) is 1. The van der Waals surface area contributed by atoms with Gasteiger partial charge in [-0.05, 0) is 26.2 Å². The molecule has 2 N–H and O–H groups in total. The Labute approximate surface area is 107 Å². The van der Waals surface area contributed by atoms with E-state index in [9.17, 15) is 4.79 Å². The fraction of sp³-hybridized carbons (Fsp3) is 0.615. The number of aromatic nitrogens is 2. The molecule has 0 saturated heterocycles. The number of aryl methyl sites for hydroxylation is 2. The van der Waals surface area contributed by atoms with E-state index >= 15 is 0 Å². The minimum absolute atomic E-state index is 0.304. The molecule has 0 saturated carbocycles. The Morgan fingerprint density at radius 2 is 2.44 bits per heavy atom. The molecule has 1 unspecified atom stereocenters. The van der Waals surface area contributed by atoms with Crippen LogP contribution in [0.1, 0.15) is 48.6 Å². The van der Waals surface area contributed by atoms with E-state index in [0.29, 0.717) is 25.3 Å². The standard InChI is InChI=1S/C13H18N4O/c1-9-13-10(5-7-14)3-2-4-11(13)17(16-9)8-6-12(15)18/h10H,2-6,8H2,1H3,(H2,15,18). The first-order chi connectivity index (χ1) is 8.63. The lowest BCUT2D eigenvalue weighted by Gasteiger charge is -2.21. The van der Waals surface area contributed by atoms with E-state index in [1.54, 1.807) is 0 Å². The summed E-state index contributed by atoms with van der Waals surface area (Å²) >= 11 is 0. The van der Waals surface area contributed by atoms with Crippen molar-refractivity contribution in [3.05, 3.63) is 17.0 Å². The highest BCUT2D eigenvalue weighted by Crippen LogP contribution is 2.35. The molecule has 0 fully saturated rings. The number of carbonyl (C=O) groups excluding carboxylic acids is 1. The summed E-state index contributed by atoms with van der Waals surface area (Å²) in [6.45, 7) is 2.53. The first kappa shape index (κ1) is 12.6. The van der Waals surface area contributed by atoms with E-state index in [1.165, 1.54) is 11.3 Å². The fourth-order valence-corrected chi connectivity index (χ4v) is 2.81. The van der Waals surface area contributed by atoms with Crippen molar-refractivity contribution < 1.29 is 4.79 Å². The van der Waals surface area contributed by atoms with Crippen molar-refractivity contribution in [3.8, 4) is 6.07 Å². The zero-order valence-electron chi connectivity index (χ0n) is 10.6. The maximum atomic E-state index is 10.9. The van der Waals surface area contributed by atoms with Gasteiger partial charge in [0.1, 0.15) is 0 Å². The van der Waals surface area contributed by atoms with Gasteiger partial charge in [-0.15, -0.1) is 0 Å². The molecule has 5 nitrogen and oxygen atoms in total. The molecule has 1 aromatic rings. The minimum atomic E-state index is -0.304. The molecule has 0 spiro atoms. The Hall–Kier alpha value is -1.83. The van der Waals surface area contributed by atoms with E-state index in [1.807, 2.05) is 11.6 Å². The molecule has 1 heterocycles. The van der Waals surface area contributed by atoms with Crippen LogP contribution in [0.25, 0.3) is 0 Å². The predicted octanol–water partition coefficient (Wildman–Crippen LogP) is 1.40. The maximum absolute atomic E-state index is 10.9. The number of nitrogens with zero attached hydrogens (tertiary/aromatic N) is 3. The number of rotatable bonds is 4. The summed E-state index contributed by atoms with van der Waals surface area (Å²) in [5.41, 5.74) is 8.59. The largest absolute Gasteiger partial charge is 0.370 e. The van der Waals surface area contributed by atoms with Crippen LogP contribution < -0.4 is 5.73 Å². The van der Waals surface area contributed by atoms with Gasteiger partial charge in [-0.25, -0.2) is 0 Å². The monoisotopic (exact) mass is 246 g/mol. The van der Waals surface area contributed by atoms with Gasteiger partial charge >= 0.3 is 0 Å². The summed E-state index contributed by atoms with van der Waals surface area (Å²) in [6.07, 6.45) is 3.99. The number of fused-ring (bicyclic) bond motifs is 1. The van der Waals surface area contributed by atoms with Gasteiger partial charge < -0.3 is 5.73 Å². The Kier molecular flexibility index (Phi) is 3.66. The van der Waals surface area contributed by atoms with Gasteiger partial charge in [0, 0.05) is 36.6 Å². The van der Waals surface area contributed by atoms with Crippen molar-refractivity contribution in [2.45, 2.75) is 51.5 Å². The molecular weight excluding hydrogens is 228 g/mol. The lowest BCUT2D eigenvalue weighted by molar-refractivity contribution is -0.118. The SMILES string of the molecule is Cc1nn(CCC(N)=O)c2c1C(CC#N)CCC2. The number of amides is 1. The molecule has 0 radical (unpaired) electrons. The Balaban J connectivity index is 2.27. The Morgan fingerprint density at radius 3 is 3.11 bits per heavy atom. The van der Waals surface area contributed by atoms with Crippen LogP contribution >= 0.6 is 0 Å². The van der Waals surface area contributed by atoms with Crippen molar-refractivity contribution in [3.63, 3.8) is 0 Å². The molecule has 0 bridgehead atoms. The fourth-order valence-electron chi connectivity index (χ4n) is 2.81. The second-order valence-corrected chi connectivity index (χ2v) is 4.84. The Morgan fingerprint density at radius 1 is 1.67 bits per heavy atom. The van der Waals surface area contributed by atoms with Crippen molar-refractivity contribution in [2.75, 3.05) is 0 Å². The number of nitrogens with two attached hydrogens (primary N) is 1. The van der Waals surface area contributed by atoms with Crippen LogP contribution in [0, 0.1) is 18.3 Å². The van der Waals surface area contributed by atoms with Crippen LogP contribution in [-0.2, 0) is 17.8 Å². The topological polar surface area (TPSA) is 84.7 Å². The van der Waals surface area contributed by atoms with E-state index in [2.05, 4.69) is 11.2 Å². The molecule has 0 aromatic carbocycles. The quantitative estimate of drug-likeness (QED) is 0.871. The Bertz CT molecular complexity index is 498. The lowest BCUT2D eigenvalue weighted by Crippen LogP contribution is -2.17. The highest BCUT2D eigenvalue weighted by atomic mass is 16.1. The van der Waals surface area contributed by atoms with Gasteiger partial charge in [-0.3, -0.25) is 9.48 Å². The molecule has 1 aliphatic rings. The average molecular weight is 246 g/mol. The van der Waals surface area contributed by atoms with Gasteiger partial charge in [-0.1, -0.05) is 0 Å². The van der Waals surface area contributed by atoms with E-state index < -0.39 is 0 Å². The normalized spacial score (nSPS) is 18.1. The third kappa shape index (κ3) is 2.37. The number of primary amides is 1. The highest BCUT2D eigenvalue weighted by molar-refractivity contribution is 5.73. The second kappa shape index (κ2) is 5.21. The number of nitriles is 1. The van der Waals surface area contributed by atoms with Crippen LogP contribution in [-0.4, -0.2) is 15.7 Å². The second-order valence-electron chi connectivity index (χ2n) is 4.84. The van der Waals surface area contributed by atoms with Crippen molar-refractivity contribution in [1.29, 1.82) is 5.26 Å². The average Bonchev–Trinajstić information content (AvgIpc) is 2.65. The molecular formula is C13H18N4O. The van der Waals surface area contributed by atoms with E-state index in [0.717, 1.165) is 25.0 Å². The molecule has 5 heteroatoms. The first-order valence-electron chi connectivity index (χ1n) is 6.35. The molecule has 1 aromatic heterocycles. The van der Waals surface area contributed by atoms with Crippen LogP contribution in [0.2, 0.25) is 0 Å². The minimum Gasteiger partial charge on any atom is -0.370 e. The molecule has 96 valence electrons. The van der Waals surface area contributed by atoms with Crippen molar-refractivity contribution >= 4 is 5.91 Å². The summed E-state index contributed by atoms with van der Waals surface area (Å²) in [6, 6.07) is 2.25. The van der Waals surface area contributed by atoms with Crippen LogP contribution in [0.4, 0.5) is 0 Å². The predicted molar refractivity (Wildman–Crippen MR) is 66.7 cm³/mol. The van der Waals surface area contributed by atoms with Crippen LogP contribution in [0.3, 0.4) is 0 Å². The smallest absolute Gasteiger partial charge is 0.219 e. The van der Waals surface area contributed by atoms with Gasteiger partial charge in [0.05, 0.1) is 11.8 Å². The molecule has 1 aliphatic carbocycles. The van der Waals surface area contributed by atoms with Crippen molar-refractivity contribution in [2.24, 2.45) is 5.73 Å². The molecule has 0 aliphatic heterocycles. The highest BCUT2D eigenvalue weighted by Gasteiger charge is 2.26. The van der Waals surface area contributed by atoms with Crippen molar-refractivity contribution in [1.82, 2.24) is 9.78 Å². The number of carbonyl (C=O) groups is 1. The third-order valence-corrected chi connectivity index (χ3v) is 3.57. The summed E-state index contributed by atoms with van der Waals surface area (Å²) < 4.78 is 1.90. The van der Waals surface area contributed by atoms with Gasteiger partial charge in [0.2, 0.25) is 5.91 Å². The zero-order chi connectivity index (χ0) is 13.1. The van der Waals surface area contributed by atoms with Gasteiger partial charge in [0.15, 0.2) is 0 Å². The summed E-state index contributed by atoms with van der Waals surface area (Å²) in [5.74, 6) is 0.00219. The third-order valence-electron chi connectivity index (χ3n) is 3.57. The molecule has 2 rings (SSSR count). The van der Waals surface area contributed by atoms with Gasteiger partial charge in [0.25, 0.3) is 0 Å². The summed E-state index contributed by atoms with van der Waals surface area (Å²) in [5, 5.41) is 13.4. The molecule has 1 amide bonds. The zero-order valence-corrected chi connectivity index (χ0v) is 10.6. The van der Waals surface area contributed by atoms with Gasteiger partial charge in [-0.2, -0.15) is 10.4 Å². The molecule has 1 atom stereocenters. The van der Waals surface area contributed by atoms with Crippen LogP contribution in [0.5, 0.6) is 0 Å².